The van der Waals surface area contributed by atoms with Gasteiger partial charge in [0.25, 0.3) is 0 Å². The van der Waals surface area contributed by atoms with Crippen LogP contribution in [-0.4, -0.2) is 4.98 Å². The molecule has 0 bridgehead atoms. The Morgan fingerprint density at radius 3 is 1.56 bits per heavy atom. The van der Waals surface area contributed by atoms with Crippen LogP contribution in [-0.2, 0) is 0 Å². The molecule has 0 aliphatic heterocycles. The summed E-state index contributed by atoms with van der Waals surface area (Å²) in [7, 11) is 0. The Labute approximate surface area is 149 Å². The zero-order chi connectivity index (χ0) is 16.6. The van der Waals surface area contributed by atoms with Crippen molar-refractivity contribution in [3.8, 4) is 0 Å². The highest BCUT2D eigenvalue weighted by Crippen LogP contribution is 2.40. The van der Waals surface area contributed by atoms with Crippen LogP contribution in [0, 0.1) is 0 Å². The second kappa shape index (κ2) is 5.83. The van der Waals surface area contributed by atoms with E-state index in [1.165, 1.54) is 43.1 Å². The SMILES string of the molecule is c1ccc2c(c1)c1cccc3ccc4cccc2c4c31.c1cscn1. The Balaban J connectivity index is 0.000000244. The Morgan fingerprint density at radius 2 is 1.12 bits per heavy atom. The third-order valence-corrected chi connectivity index (χ3v) is 5.26. The average molecular weight is 337 g/mol. The standard InChI is InChI=1S/C20H12.C3H3NS/c1-2-8-16-15(7-1)17-9-3-5-13-11-12-14-6-4-10-18(16)20(14)19(13)17;1-2-5-3-4-1/h1-12H;1-3H. The van der Waals surface area contributed by atoms with Crippen LogP contribution in [0.5, 0.6) is 0 Å². The zero-order valence-electron chi connectivity index (χ0n) is 13.5. The van der Waals surface area contributed by atoms with E-state index in [1.807, 2.05) is 5.38 Å². The van der Waals surface area contributed by atoms with Crippen molar-refractivity contribution in [1.29, 1.82) is 0 Å². The van der Waals surface area contributed by atoms with Crippen LogP contribution in [0.1, 0.15) is 0 Å². The van der Waals surface area contributed by atoms with Crippen LogP contribution in [0.2, 0.25) is 0 Å². The molecule has 0 N–H and O–H groups in total. The van der Waals surface area contributed by atoms with Gasteiger partial charge in [0.05, 0.1) is 5.51 Å². The van der Waals surface area contributed by atoms with Crippen LogP contribution in [0.4, 0.5) is 0 Å². The van der Waals surface area contributed by atoms with Gasteiger partial charge in [0, 0.05) is 11.6 Å². The minimum absolute atomic E-state index is 1.33. The fraction of sp³-hybridized carbons (Fsp3) is 0. The number of rotatable bonds is 0. The second-order valence-corrected chi connectivity index (χ2v) is 6.85. The smallest absolute Gasteiger partial charge is 0.0791 e. The first kappa shape index (κ1) is 14.4. The van der Waals surface area contributed by atoms with Gasteiger partial charge < -0.3 is 0 Å². The van der Waals surface area contributed by atoms with E-state index in [2.05, 4.69) is 77.8 Å². The van der Waals surface area contributed by atoms with Gasteiger partial charge in [0.15, 0.2) is 0 Å². The van der Waals surface area contributed by atoms with Crippen molar-refractivity contribution in [2.24, 2.45) is 0 Å². The van der Waals surface area contributed by atoms with E-state index in [0.717, 1.165) is 0 Å². The number of thiazole rings is 1. The molecular weight excluding hydrogens is 322 g/mol. The van der Waals surface area contributed by atoms with Gasteiger partial charge in [0.2, 0.25) is 0 Å². The summed E-state index contributed by atoms with van der Waals surface area (Å²) in [6.07, 6.45) is 1.77. The molecule has 1 aromatic heterocycles. The molecule has 0 saturated carbocycles. The number of fused-ring (bicyclic) bond motifs is 3. The van der Waals surface area contributed by atoms with Gasteiger partial charge in [-0.3, -0.25) is 4.98 Å². The molecule has 2 heteroatoms. The highest BCUT2D eigenvalue weighted by Gasteiger charge is 2.11. The number of benzene rings is 5. The molecule has 0 aliphatic rings. The van der Waals surface area contributed by atoms with Gasteiger partial charge in [-0.15, -0.1) is 11.3 Å². The second-order valence-electron chi connectivity index (χ2n) is 6.09. The number of aromatic nitrogens is 1. The molecule has 25 heavy (non-hydrogen) atoms. The van der Waals surface area contributed by atoms with Crippen LogP contribution >= 0.6 is 11.3 Å². The van der Waals surface area contributed by atoms with Crippen molar-refractivity contribution < 1.29 is 0 Å². The van der Waals surface area contributed by atoms with E-state index in [9.17, 15) is 0 Å². The molecule has 5 aromatic carbocycles. The molecule has 0 radical (unpaired) electrons. The van der Waals surface area contributed by atoms with Gasteiger partial charge >= 0.3 is 0 Å². The summed E-state index contributed by atoms with van der Waals surface area (Å²) in [6, 6.07) is 26.4. The van der Waals surface area contributed by atoms with Gasteiger partial charge in [0.1, 0.15) is 0 Å². The Kier molecular flexibility index (Phi) is 3.36. The lowest BCUT2D eigenvalue weighted by molar-refractivity contribution is 1.43. The van der Waals surface area contributed by atoms with Crippen molar-refractivity contribution in [2.75, 3.05) is 0 Å². The van der Waals surface area contributed by atoms with Crippen LogP contribution < -0.4 is 0 Å². The van der Waals surface area contributed by atoms with Crippen molar-refractivity contribution in [2.45, 2.75) is 0 Å². The van der Waals surface area contributed by atoms with Crippen molar-refractivity contribution in [3.63, 3.8) is 0 Å². The molecule has 0 unspecified atom stereocenters. The first-order valence-corrected chi connectivity index (χ1v) is 9.24. The van der Waals surface area contributed by atoms with Crippen molar-refractivity contribution >= 4 is 54.4 Å². The summed E-state index contributed by atoms with van der Waals surface area (Å²) in [4.78, 5) is 3.74. The summed E-state index contributed by atoms with van der Waals surface area (Å²) in [5, 5.41) is 12.8. The fourth-order valence-corrected chi connectivity index (χ4v) is 4.08. The van der Waals surface area contributed by atoms with Gasteiger partial charge in [-0.1, -0.05) is 72.8 Å². The summed E-state index contributed by atoms with van der Waals surface area (Å²) < 4.78 is 0. The number of nitrogens with zero attached hydrogens (tertiary/aromatic N) is 1. The zero-order valence-corrected chi connectivity index (χ0v) is 14.3. The predicted molar refractivity (Wildman–Crippen MR) is 110 cm³/mol. The third kappa shape index (κ3) is 2.26. The van der Waals surface area contributed by atoms with Crippen LogP contribution in [0.25, 0.3) is 43.1 Å². The number of hydrogen-bond acceptors (Lipinski definition) is 2. The summed E-state index contributed by atoms with van der Waals surface area (Å²) >= 11 is 1.60. The van der Waals surface area contributed by atoms with E-state index in [0.29, 0.717) is 0 Å². The highest BCUT2D eigenvalue weighted by molar-refractivity contribution is 7.07. The van der Waals surface area contributed by atoms with Crippen molar-refractivity contribution in [3.05, 3.63) is 89.9 Å². The molecule has 1 nitrogen and oxygen atoms in total. The summed E-state index contributed by atoms with van der Waals surface area (Å²) in [5.41, 5.74) is 1.79. The monoisotopic (exact) mass is 337 g/mol. The predicted octanol–water partition coefficient (Wildman–Crippen LogP) is 6.88. The van der Waals surface area contributed by atoms with Gasteiger partial charge in [-0.25, -0.2) is 0 Å². The molecule has 0 spiro atoms. The van der Waals surface area contributed by atoms with Crippen LogP contribution in [0.3, 0.4) is 0 Å². The van der Waals surface area contributed by atoms with Crippen LogP contribution in [0.15, 0.2) is 89.9 Å². The molecule has 0 amide bonds. The van der Waals surface area contributed by atoms with E-state index in [-0.39, 0.29) is 0 Å². The number of hydrogen-bond donors (Lipinski definition) is 0. The minimum atomic E-state index is 1.33. The molecule has 0 atom stereocenters. The summed E-state index contributed by atoms with van der Waals surface area (Å²) in [5.74, 6) is 0. The van der Waals surface area contributed by atoms with Gasteiger partial charge in [-0.2, -0.15) is 0 Å². The maximum absolute atomic E-state index is 3.74. The van der Waals surface area contributed by atoms with Gasteiger partial charge in [-0.05, 0) is 43.1 Å². The molecule has 118 valence electrons. The quantitative estimate of drug-likeness (QED) is 0.217. The van der Waals surface area contributed by atoms with E-state index >= 15 is 0 Å². The molecule has 0 fully saturated rings. The Hall–Kier alpha value is -2.97. The maximum atomic E-state index is 3.74. The first-order valence-electron chi connectivity index (χ1n) is 8.30. The molecule has 0 saturated heterocycles. The minimum Gasteiger partial charge on any atom is -0.253 e. The van der Waals surface area contributed by atoms with E-state index in [1.54, 1.807) is 23.0 Å². The Morgan fingerprint density at radius 1 is 0.560 bits per heavy atom. The van der Waals surface area contributed by atoms with E-state index < -0.39 is 0 Å². The summed E-state index contributed by atoms with van der Waals surface area (Å²) in [6.45, 7) is 0. The molecule has 0 aliphatic carbocycles. The lowest BCUT2D eigenvalue weighted by Gasteiger charge is -2.14. The molecule has 6 rings (SSSR count). The maximum Gasteiger partial charge on any atom is 0.0791 e. The lowest BCUT2D eigenvalue weighted by atomic mass is 9.89. The topological polar surface area (TPSA) is 12.9 Å². The third-order valence-electron chi connectivity index (χ3n) is 4.74. The fourth-order valence-electron chi connectivity index (χ4n) is 3.73. The molecular formula is C23H15NS. The average Bonchev–Trinajstić information content (AvgIpc) is 3.27. The lowest BCUT2D eigenvalue weighted by Crippen LogP contribution is -1.86. The normalized spacial score (nSPS) is 11.2. The van der Waals surface area contributed by atoms with E-state index in [4.69, 9.17) is 0 Å². The first-order chi connectivity index (χ1) is 12.4. The highest BCUT2D eigenvalue weighted by atomic mass is 32.1. The largest absolute Gasteiger partial charge is 0.253 e. The molecule has 6 aromatic rings. The molecule has 1 heterocycles. The van der Waals surface area contributed by atoms with Crippen molar-refractivity contribution in [1.82, 2.24) is 4.98 Å². The Bertz CT molecular complexity index is 1180.